The Balaban J connectivity index is 1.25. The van der Waals surface area contributed by atoms with Gasteiger partial charge in [-0.3, -0.25) is 10.2 Å². The molecule has 3 N–H and O–H groups in total. The molecule has 4 aromatic rings. The number of nitrogen functional groups attached to an aromatic ring is 1. The molecule has 1 aromatic heterocycles. The smallest absolute Gasteiger partial charge is 0.323 e. The molecule has 1 aliphatic rings. The third kappa shape index (κ3) is 5.37. The Bertz CT molecular complexity index is 1270. The van der Waals surface area contributed by atoms with Gasteiger partial charge in [-0.2, -0.15) is 0 Å². The average molecular weight is 506 g/mol. The normalized spacial score (nSPS) is 14.2. The molecule has 1 aliphatic heterocycles. The number of benzene rings is 3. The van der Waals surface area contributed by atoms with Crippen molar-refractivity contribution in [3.8, 4) is 11.3 Å². The van der Waals surface area contributed by atoms with E-state index in [2.05, 4.69) is 15.2 Å². The number of nitrogens with zero attached hydrogens (tertiary/aromatic N) is 3. The van der Waals surface area contributed by atoms with Crippen molar-refractivity contribution >= 4 is 28.2 Å². The molecule has 0 saturated carbocycles. The molecule has 1 saturated heterocycles. The van der Waals surface area contributed by atoms with Crippen LogP contribution >= 0.6 is 11.3 Å². The zero-order valence-electron chi connectivity index (χ0n) is 19.4. The van der Waals surface area contributed by atoms with E-state index < -0.39 is 0 Å². The van der Waals surface area contributed by atoms with E-state index >= 15 is 0 Å². The third-order valence-corrected chi connectivity index (χ3v) is 7.02. The predicted molar refractivity (Wildman–Crippen MR) is 139 cm³/mol. The maximum atomic E-state index is 13.6. The second kappa shape index (κ2) is 10.4. The highest BCUT2D eigenvalue weighted by molar-refractivity contribution is 7.14. The molecular weight excluding hydrogens is 480 g/mol. The van der Waals surface area contributed by atoms with Crippen LogP contribution in [0.3, 0.4) is 0 Å². The lowest BCUT2D eigenvalue weighted by Crippen LogP contribution is -2.51. The maximum Gasteiger partial charge on any atom is 0.323 e. The first-order chi connectivity index (χ1) is 17.5. The second-order valence-electron chi connectivity index (χ2n) is 8.62. The number of carbonyl (C=O) groups excluding carboxylic acids is 1. The van der Waals surface area contributed by atoms with E-state index in [1.807, 2.05) is 29.6 Å². The van der Waals surface area contributed by atoms with Crippen LogP contribution in [0.4, 0.5) is 24.4 Å². The van der Waals surface area contributed by atoms with E-state index in [0.717, 1.165) is 22.4 Å². The number of nitrogens with one attached hydrogen (secondary N) is 1. The van der Waals surface area contributed by atoms with Gasteiger partial charge in [0.1, 0.15) is 11.6 Å². The van der Waals surface area contributed by atoms with Crippen LogP contribution in [0.2, 0.25) is 0 Å². The number of anilines is 2. The SMILES string of the molecule is Nc1ccc(-c2csc(NC(=O)N3CCN(C(c4ccc(F)cc4)c4ccc(F)cc4)CC3)n2)cc1. The van der Waals surface area contributed by atoms with Crippen molar-refractivity contribution in [2.75, 3.05) is 37.2 Å². The molecule has 3 aromatic carbocycles. The van der Waals surface area contributed by atoms with E-state index in [4.69, 9.17) is 5.73 Å². The number of hydrogen-bond acceptors (Lipinski definition) is 5. The van der Waals surface area contributed by atoms with Gasteiger partial charge in [0.2, 0.25) is 0 Å². The van der Waals surface area contributed by atoms with Gasteiger partial charge in [0.05, 0.1) is 11.7 Å². The maximum absolute atomic E-state index is 13.6. The zero-order chi connectivity index (χ0) is 25.1. The number of urea groups is 1. The van der Waals surface area contributed by atoms with Crippen LogP contribution < -0.4 is 11.1 Å². The Morgan fingerprint density at radius 1 is 0.861 bits per heavy atom. The van der Waals surface area contributed by atoms with Crippen LogP contribution in [0.1, 0.15) is 17.2 Å². The summed E-state index contributed by atoms with van der Waals surface area (Å²) in [6.07, 6.45) is 0. The number of amides is 2. The fraction of sp³-hybridized carbons (Fsp3) is 0.185. The summed E-state index contributed by atoms with van der Waals surface area (Å²) in [5.74, 6) is -0.611. The van der Waals surface area contributed by atoms with E-state index in [-0.39, 0.29) is 23.7 Å². The van der Waals surface area contributed by atoms with Crippen molar-refractivity contribution < 1.29 is 13.6 Å². The van der Waals surface area contributed by atoms with Gasteiger partial charge in [-0.25, -0.2) is 18.6 Å². The monoisotopic (exact) mass is 505 g/mol. The van der Waals surface area contributed by atoms with E-state index in [9.17, 15) is 13.6 Å². The number of rotatable bonds is 5. The van der Waals surface area contributed by atoms with Gasteiger partial charge in [0.25, 0.3) is 0 Å². The lowest BCUT2D eigenvalue weighted by Gasteiger charge is -2.39. The molecule has 6 nitrogen and oxygen atoms in total. The number of thiazole rings is 1. The van der Waals surface area contributed by atoms with Gasteiger partial charge in [-0.15, -0.1) is 11.3 Å². The van der Waals surface area contributed by atoms with E-state index in [0.29, 0.717) is 37.0 Å². The first-order valence-corrected chi connectivity index (χ1v) is 12.5. The Kier molecular flexibility index (Phi) is 6.92. The van der Waals surface area contributed by atoms with E-state index in [1.54, 1.807) is 29.2 Å². The summed E-state index contributed by atoms with van der Waals surface area (Å²) in [6, 6.07) is 19.8. The Hall–Kier alpha value is -3.82. The minimum Gasteiger partial charge on any atom is -0.399 e. The van der Waals surface area contributed by atoms with Crippen LogP contribution in [0.25, 0.3) is 11.3 Å². The molecule has 0 bridgehead atoms. The molecule has 0 spiro atoms. The zero-order valence-corrected chi connectivity index (χ0v) is 20.2. The molecule has 2 amide bonds. The number of hydrogen-bond donors (Lipinski definition) is 2. The first-order valence-electron chi connectivity index (χ1n) is 11.6. The summed E-state index contributed by atoms with van der Waals surface area (Å²) in [5, 5.41) is 5.33. The summed E-state index contributed by atoms with van der Waals surface area (Å²) in [5.41, 5.74) is 9.98. The predicted octanol–water partition coefficient (Wildman–Crippen LogP) is 5.61. The standard InChI is InChI=1S/C27H25F2N5OS/c28-21-7-1-19(2-8-21)25(20-3-9-22(29)10-4-20)33-13-15-34(16-14-33)27(35)32-26-31-24(17-36-26)18-5-11-23(30)12-6-18/h1-12,17,25H,13-16,30H2,(H,31,32,35). The lowest BCUT2D eigenvalue weighted by molar-refractivity contribution is 0.126. The molecule has 0 atom stereocenters. The molecule has 1 fully saturated rings. The fourth-order valence-electron chi connectivity index (χ4n) is 4.38. The van der Waals surface area contributed by atoms with Crippen LogP contribution in [0.15, 0.2) is 78.2 Å². The van der Waals surface area contributed by atoms with Gasteiger partial charge in [-0.1, -0.05) is 36.4 Å². The number of piperazine rings is 1. The molecule has 0 unspecified atom stereocenters. The third-order valence-electron chi connectivity index (χ3n) is 6.26. The number of nitrogens with two attached hydrogens (primary N) is 1. The molecular formula is C27H25F2N5OS. The molecule has 9 heteroatoms. The van der Waals surface area contributed by atoms with Crippen molar-refractivity contribution in [3.63, 3.8) is 0 Å². The molecule has 36 heavy (non-hydrogen) atoms. The lowest BCUT2D eigenvalue weighted by atomic mass is 9.96. The number of carbonyl (C=O) groups is 1. The van der Waals surface area contributed by atoms with Gasteiger partial charge in [-0.05, 0) is 47.5 Å². The van der Waals surface area contributed by atoms with Gasteiger partial charge < -0.3 is 10.6 Å². The van der Waals surface area contributed by atoms with Gasteiger partial charge >= 0.3 is 6.03 Å². The number of aromatic nitrogens is 1. The van der Waals surface area contributed by atoms with Crippen LogP contribution in [-0.4, -0.2) is 47.0 Å². The molecule has 5 rings (SSSR count). The van der Waals surface area contributed by atoms with Crippen molar-refractivity contribution in [2.45, 2.75) is 6.04 Å². The van der Waals surface area contributed by atoms with Gasteiger partial charge in [0.15, 0.2) is 5.13 Å². The van der Waals surface area contributed by atoms with Gasteiger partial charge in [0, 0.05) is 42.8 Å². The summed E-state index contributed by atoms with van der Waals surface area (Å²) < 4.78 is 27.1. The van der Waals surface area contributed by atoms with Crippen molar-refractivity contribution in [1.82, 2.24) is 14.8 Å². The highest BCUT2D eigenvalue weighted by Gasteiger charge is 2.28. The Morgan fingerprint density at radius 2 is 1.42 bits per heavy atom. The Labute approximate surface area is 212 Å². The molecule has 0 radical (unpaired) electrons. The summed E-state index contributed by atoms with van der Waals surface area (Å²) >= 11 is 1.37. The van der Waals surface area contributed by atoms with Crippen molar-refractivity contribution in [3.05, 3.63) is 101 Å². The van der Waals surface area contributed by atoms with Crippen molar-refractivity contribution in [1.29, 1.82) is 0 Å². The topological polar surface area (TPSA) is 74.5 Å². The van der Waals surface area contributed by atoms with Crippen LogP contribution in [0.5, 0.6) is 0 Å². The highest BCUT2D eigenvalue weighted by atomic mass is 32.1. The first kappa shape index (κ1) is 23.9. The molecule has 0 aliphatic carbocycles. The largest absolute Gasteiger partial charge is 0.399 e. The summed E-state index contributed by atoms with van der Waals surface area (Å²) in [7, 11) is 0. The molecule has 184 valence electrons. The summed E-state index contributed by atoms with van der Waals surface area (Å²) in [6.45, 7) is 2.25. The minimum atomic E-state index is -0.306. The van der Waals surface area contributed by atoms with Crippen molar-refractivity contribution in [2.24, 2.45) is 0 Å². The second-order valence-corrected chi connectivity index (χ2v) is 9.48. The quantitative estimate of drug-likeness (QED) is 0.346. The average Bonchev–Trinajstić information content (AvgIpc) is 3.35. The van der Waals surface area contributed by atoms with E-state index in [1.165, 1.54) is 35.6 Å². The summed E-state index contributed by atoms with van der Waals surface area (Å²) in [4.78, 5) is 21.4. The molecule has 2 heterocycles. The van der Waals surface area contributed by atoms with Crippen LogP contribution in [0, 0.1) is 11.6 Å². The number of halogens is 2. The highest BCUT2D eigenvalue weighted by Crippen LogP contribution is 2.30. The fourth-order valence-corrected chi connectivity index (χ4v) is 5.08. The minimum absolute atomic E-state index is 0.169. The Morgan fingerprint density at radius 3 is 1.97 bits per heavy atom. The van der Waals surface area contributed by atoms with Crippen LogP contribution in [-0.2, 0) is 0 Å².